The maximum absolute atomic E-state index is 13.5. The van der Waals surface area contributed by atoms with Crippen LogP contribution < -0.4 is 10.9 Å². The van der Waals surface area contributed by atoms with Gasteiger partial charge in [-0.3, -0.25) is 14.0 Å². The molecule has 0 radical (unpaired) electrons. The normalized spacial score (nSPS) is 11.5. The SMILES string of the molecule is Cc1ccccc1-n1c(=O)c2ccccc2n2c(SCC(=O)Nc3c(C)cccc3C(C)C)nnc12. The summed E-state index contributed by atoms with van der Waals surface area (Å²) >= 11 is 1.29. The molecule has 0 aliphatic carbocycles. The van der Waals surface area contributed by atoms with Crippen LogP contribution in [0.2, 0.25) is 0 Å². The zero-order valence-electron chi connectivity index (χ0n) is 20.6. The summed E-state index contributed by atoms with van der Waals surface area (Å²) in [6.07, 6.45) is 0. The smallest absolute Gasteiger partial charge is 0.267 e. The number of amides is 1. The molecule has 5 rings (SSSR count). The lowest BCUT2D eigenvalue weighted by Gasteiger charge is -2.16. The van der Waals surface area contributed by atoms with Crippen molar-refractivity contribution in [2.24, 2.45) is 0 Å². The Bertz CT molecular complexity index is 1670. The maximum atomic E-state index is 13.5. The molecule has 8 heteroatoms. The number of hydrogen-bond acceptors (Lipinski definition) is 5. The number of aryl methyl sites for hydroxylation is 2. The zero-order chi connectivity index (χ0) is 25.4. The molecule has 0 saturated carbocycles. The van der Waals surface area contributed by atoms with Gasteiger partial charge in [-0.2, -0.15) is 0 Å². The third-order valence-corrected chi connectivity index (χ3v) is 7.20. The van der Waals surface area contributed by atoms with Gasteiger partial charge in [0.25, 0.3) is 5.56 Å². The number of benzene rings is 3. The number of nitrogens with zero attached hydrogens (tertiary/aromatic N) is 4. The highest BCUT2D eigenvalue weighted by molar-refractivity contribution is 7.99. The van der Waals surface area contributed by atoms with Gasteiger partial charge in [-0.15, -0.1) is 10.2 Å². The minimum Gasteiger partial charge on any atom is -0.325 e. The minimum absolute atomic E-state index is 0.121. The molecule has 182 valence electrons. The first kappa shape index (κ1) is 23.8. The van der Waals surface area contributed by atoms with Crippen molar-refractivity contribution in [2.75, 3.05) is 11.1 Å². The van der Waals surface area contributed by atoms with Crippen LogP contribution in [-0.2, 0) is 4.79 Å². The van der Waals surface area contributed by atoms with Crippen molar-refractivity contribution in [1.82, 2.24) is 19.2 Å². The van der Waals surface area contributed by atoms with E-state index in [1.54, 1.807) is 10.6 Å². The molecule has 0 spiro atoms. The number of para-hydroxylation sites is 3. The predicted molar refractivity (Wildman–Crippen MR) is 145 cm³/mol. The Morgan fingerprint density at radius 1 is 0.944 bits per heavy atom. The Balaban J connectivity index is 1.54. The Labute approximate surface area is 213 Å². The summed E-state index contributed by atoms with van der Waals surface area (Å²) in [7, 11) is 0. The lowest BCUT2D eigenvalue weighted by molar-refractivity contribution is -0.113. The number of aromatic nitrogens is 4. The standard InChI is InChI=1S/C28H27N5O2S/c1-17(2)20-13-9-11-19(4)25(20)29-24(34)16-36-28-31-30-27-32(22-14-7-5-10-18(22)3)26(35)21-12-6-8-15-23(21)33(27)28/h5-15,17H,16H2,1-4H3,(H,29,34). The third-order valence-electron chi connectivity index (χ3n) is 6.27. The first-order valence-electron chi connectivity index (χ1n) is 11.8. The van der Waals surface area contributed by atoms with Crippen LogP contribution in [0.4, 0.5) is 5.69 Å². The molecule has 0 bridgehead atoms. The van der Waals surface area contributed by atoms with Gasteiger partial charge < -0.3 is 5.32 Å². The summed E-state index contributed by atoms with van der Waals surface area (Å²) in [5.41, 5.74) is 5.25. The van der Waals surface area contributed by atoms with Crippen molar-refractivity contribution in [3.8, 4) is 5.69 Å². The van der Waals surface area contributed by atoms with Crippen LogP contribution in [-0.4, -0.2) is 30.8 Å². The van der Waals surface area contributed by atoms with Crippen molar-refractivity contribution in [2.45, 2.75) is 38.8 Å². The second kappa shape index (κ2) is 9.62. The van der Waals surface area contributed by atoms with Gasteiger partial charge in [0.05, 0.1) is 22.3 Å². The van der Waals surface area contributed by atoms with E-state index >= 15 is 0 Å². The summed E-state index contributed by atoms with van der Waals surface area (Å²) in [5, 5.41) is 13.0. The Hall–Kier alpha value is -3.91. The lowest BCUT2D eigenvalue weighted by Crippen LogP contribution is -2.22. The van der Waals surface area contributed by atoms with E-state index in [4.69, 9.17) is 0 Å². The van der Waals surface area contributed by atoms with E-state index in [9.17, 15) is 9.59 Å². The van der Waals surface area contributed by atoms with Crippen molar-refractivity contribution < 1.29 is 4.79 Å². The van der Waals surface area contributed by atoms with Gasteiger partial charge in [0.2, 0.25) is 11.7 Å². The highest BCUT2D eigenvalue weighted by Crippen LogP contribution is 2.28. The summed E-state index contributed by atoms with van der Waals surface area (Å²) in [5.74, 6) is 0.740. The predicted octanol–water partition coefficient (Wildman–Crippen LogP) is 5.50. The molecular formula is C28H27N5O2S. The molecule has 1 amide bonds. The fraction of sp³-hybridized carbons (Fsp3) is 0.214. The zero-order valence-corrected chi connectivity index (χ0v) is 21.5. The van der Waals surface area contributed by atoms with Crippen LogP contribution in [0.15, 0.2) is 76.7 Å². The fourth-order valence-corrected chi connectivity index (χ4v) is 5.19. The fourth-order valence-electron chi connectivity index (χ4n) is 4.45. The molecular weight excluding hydrogens is 470 g/mol. The van der Waals surface area contributed by atoms with Crippen LogP contribution >= 0.6 is 11.8 Å². The van der Waals surface area contributed by atoms with E-state index in [2.05, 4.69) is 29.4 Å². The topological polar surface area (TPSA) is 81.3 Å². The largest absolute Gasteiger partial charge is 0.325 e. The van der Waals surface area contributed by atoms with Gasteiger partial charge in [0, 0.05) is 5.69 Å². The molecule has 0 saturated heterocycles. The second-order valence-electron chi connectivity index (χ2n) is 9.09. The van der Waals surface area contributed by atoms with E-state index < -0.39 is 0 Å². The van der Waals surface area contributed by atoms with Crippen molar-refractivity contribution in [1.29, 1.82) is 0 Å². The van der Waals surface area contributed by atoms with Gasteiger partial charge in [-0.1, -0.05) is 74.1 Å². The highest BCUT2D eigenvalue weighted by Gasteiger charge is 2.20. The van der Waals surface area contributed by atoms with Crippen LogP contribution in [0.3, 0.4) is 0 Å². The van der Waals surface area contributed by atoms with Gasteiger partial charge in [-0.05, 0) is 54.7 Å². The molecule has 3 aromatic carbocycles. The molecule has 0 unspecified atom stereocenters. The van der Waals surface area contributed by atoms with Crippen molar-refractivity contribution >= 4 is 40.0 Å². The van der Waals surface area contributed by atoms with Crippen molar-refractivity contribution in [3.63, 3.8) is 0 Å². The van der Waals surface area contributed by atoms with Gasteiger partial charge >= 0.3 is 0 Å². The van der Waals surface area contributed by atoms with Crippen LogP contribution in [0, 0.1) is 13.8 Å². The van der Waals surface area contributed by atoms with Crippen LogP contribution in [0.1, 0.15) is 36.5 Å². The molecule has 5 aromatic rings. The molecule has 36 heavy (non-hydrogen) atoms. The number of fused-ring (bicyclic) bond motifs is 3. The quantitative estimate of drug-likeness (QED) is 0.313. The number of carbonyl (C=O) groups is 1. The number of rotatable bonds is 6. The number of anilines is 1. The van der Waals surface area contributed by atoms with Crippen LogP contribution in [0.5, 0.6) is 0 Å². The van der Waals surface area contributed by atoms with E-state index in [0.29, 0.717) is 21.8 Å². The average Bonchev–Trinajstić information content (AvgIpc) is 3.29. The molecule has 0 aliphatic rings. The number of carbonyl (C=O) groups excluding carboxylic acids is 1. The highest BCUT2D eigenvalue weighted by atomic mass is 32.2. The molecule has 2 aromatic heterocycles. The molecule has 1 N–H and O–H groups in total. The second-order valence-corrected chi connectivity index (χ2v) is 10.0. The van der Waals surface area contributed by atoms with Gasteiger partial charge in [-0.25, -0.2) is 4.57 Å². The van der Waals surface area contributed by atoms with E-state index in [1.807, 2.05) is 78.9 Å². The first-order chi connectivity index (χ1) is 17.4. The number of hydrogen-bond donors (Lipinski definition) is 1. The Kier molecular flexibility index (Phi) is 6.36. The monoisotopic (exact) mass is 497 g/mol. The van der Waals surface area contributed by atoms with Crippen molar-refractivity contribution in [3.05, 3.63) is 93.8 Å². The summed E-state index contributed by atoms with van der Waals surface area (Å²) in [6.45, 7) is 8.18. The molecule has 0 aliphatic heterocycles. The van der Waals surface area contributed by atoms with Gasteiger partial charge in [0.15, 0.2) is 5.16 Å². The third kappa shape index (κ3) is 4.18. The van der Waals surface area contributed by atoms with Gasteiger partial charge in [0.1, 0.15) is 0 Å². The molecule has 2 heterocycles. The van der Waals surface area contributed by atoms with E-state index in [0.717, 1.165) is 28.1 Å². The minimum atomic E-state index is -0.158. The molecule has 0 atom stereocenters. The summed E-state index contributed by atoms with van der Waals surface area (Å²) in [4.78, 5) is 26.5. The Morgan fingerprint density at radius 3 is 2.44 bits per heavy atom. The average molecular weight is 498 g/mol. The molecule has 0 fully saturated rings. The Morgan fingerprint density at radius 2 is 1.67 bits per heavy atom. The number of nitrogens with one attached hydrogen (secondary N) is 1. The first-order valence-corrected chi connectivity index (χ1v) is 12.8. The number of thioether (sulfide) groups is 1. The molecule has 7 nitrogen and oxygen atoms in total. The van der Waals surface area contributed by atoms with E-state index in [-0.39, 0.29) is 23.1 Å². The lowest BCUT2D eigenvalue weighted by atomic mass is 9.98. The summed E-state index contributed by atoms with van der Waals surface area (Å²) < 4.78 is 3.45. The van der Waals surface area contributed by atoms with E-state index in [1.165, 1.54) is 11.8 Å². The van der Waals surface area contributed by atoms with Crippen LogP contribution in [0.25, 0.3) is 22.4 Å². The summed E-state index contributed by atoms with van der Waals surface area (Å²) in [6, 6.07) is 21.1. The maximum Gasteiger partial charge on any atom is 0.267 e.